The summed E-state index contributed by atoms with van der Waals surface area (Å²) in [4.78, 5) is 25.9. The number of methoxy groups -OCH3 is 1. The zero-order valence-electron chi connectivity index (χ0n) is 16.3. The van der Waals surface area contributed by atoms with Crippen LogP contribution in [0.4, 0.5) is 15.8 Å². The number of carbonyl (C=O) groups excluding carboxylic acids is 2. The summed E-state index contributed by atoms with van der Waals surface area (Å²) in [6, 6.07) is 9.78. The van der Waals surface area contributed by atoms with E-state index in [0.29, 0.717) is 27.7 Å². The normalized spacial score (nSPS) is 13.3. The van der Waals surface area contributed by atoms with E-state index in [4.69, 9.17) is 16.3 Å². The predicted molar refractivity (Wildman–Crippen MR) is 111 cm³/mol. The third-order valence-electron chi connectivity index (χ3n) is 4.63. The highest BCUT2D eigenvalue weighted by atomic mass is 35.5. The molecule has 29 heavy (non-hydrogen) atoms. The molecular formula is C21H23ClFN3O3. The quantitative estimate of drug-likeness (QED) is 0.677. The number of hydrogen-bond donors (Lipinski definition) is 2. The third kappa shape index (κ3) is 5.68. The minimum atomic E-state index is -0.381. The first kappa shape index (κ1) is 21.1. The second-order valence-corrected chi connectivity index (χ2v) is 7.39. The smallest absolute Gasteiger partial charge is 0.238 e. The van der Waals surface area contributed by atoms with Crippen LogP contribution in [0.25, 0.3) is 0 Å². The number of nitrogens with zero attached hydrogens (tertiary/aromatic N) is 1. The fraction of sp³-hybridized carbons (Fsp3) is 0.333. The highest BCUT2D eigenvalue weighted by molar-refractivity contribution is 6.31. The summed E-state index contributed by atoms with van der Waals surface area (Å²) in [5.74, 6) is -0.382. The van der Waals surface area contributed by atoms with Crippen molar-refractivity contribution >= 4 is 34.8 Å². The number of carbonyl (C=O) groups is 2. The maximum absolute atomic E-state index is 14.2. The third-order valence-corrected chi connectivity index (χ3v) is 4.98. The summed E-state index contributed by atoms with van der Waals surface area (Å²) >= 11 is 6.15. The van der Waals surface area contributed by atoms with Crippen LogP contribution in [0.2, 0.25) is 5.02 Å². The van der Waals surface area contributed by atoms with Gasteiger partial charge in [0.25, 0.3) is 0 Å². The fourth-order valence-electron chi connectivity index (χ4n) is 3.10. The van der Waals surface area contributed by atoms with Crippen molar-refractivity contribution in [2.24, 2.45) is 0 Å². The Kier molecular flexibility index (Phi) is 6.71. The number of anilines is 2. The lowest BCUT2D eigenvalue weighted by atomic mass is 10.2. The number of ether oxygens (including phenoxy) is 1. The molecule has 0 aromatic heterocycles. The molecule has 0 heterocycles. The van der Waals surface area contributed by atoms with E-state index < -0.39 is 0 Å². The minimum absolute atomic E-state index is 0.0862. The van der Waals surface area contributed by atoms with Gasteiger partial charge in [0.2, 0.25) is 11.8 Å². The first-order chi connectivity index (χ1) is 13.9. The number of benzene rings is 2. The highest BCUT2D eigenvalue weighted by Gasteiger charge is 2.31. The Balaban J connectivity index is 1.72. The molecule has 2 aromatic carbocycles. The molecule has 0 bridgehead atoms. The highest BCUT2D eigenvalue weighted by Crippen LogP contribution is 2.31. The van der Waals surface area contributed by atoms with Crippen molar-refractivity contribution < 1.29 is 18.7 Å². The van der Waals surface area contributed by atoms with Crippen molar-refractivity contribution in [2.75, 3.05) is 24.3 Å². The average molecular weight is 420 g/mol. The van der Waals surface area contributed by atoms with Crippen LogP contribution in [0, 0.1) is 5.82 Å². The summed E-state index contributed by atoms with van der Waals surface area (Å²) in [5.41, 5.74) is 1.38. The van der Waals surface area contributed by atoms with Gasteiger partial charge < -0.3 is 15.4 Å². The second-order valence-electron chi connectivity index (χ2n) is 6.98. The molecule has 8 heteroatoms. The first-order valence-electron chi connectivity index (χ1n) is 9.29. The molecule has 1 aliphatic rings. The van der Waals surface area contributed by atoms with E-state index in [0.717, 1.165) is 12.8 Å². The maximum Gasteiger partial charge on any atom is 0.238 e. The minimum Gasteiger partial charge on any atom is -0.495 e. The molecule has 1 aliphatic carbocycles. The van der Waals surface area contributed by atoms with Gasteiger partial charge >= 0.3 is 0 Å². The molecule has 2 N–H and O–H groups in total. The van der Waals surface area contributed by atoms with E-state index in [1.165, 1.54) is 20.1 Å². The number of amides is 2. The lowest BCUT2D eigenvalue weighted by Gasteiger charge is -2.22. The number of halogens is 2. The van der Waals surface area contributed by atoms with Gasteiger partial charge in [-0.1, -0.05) is 17.7 Å². The molecule has 0 saturated heterocycles. The van der Waals surface area contributed by atoms with E-state index in [2.05, 4.69) is 10.6 Å². The van der Waals surface area contributed by atoms with E-state index in [-0.39, 0.29) is 36.8 Å². The molecule has 0 atom stereocenters. The van der Waals surface area contributed by atoms with Gasteiger partial charge in [-0.25, -0.2) is 4.39 Å². The Morgan fingerprint density at radius 2 is 2.00 bits per heavy atom. The zero-order chi connectivity index (χ0) is 21.0. The predicted octanol–water partition coefficient (Wildman–Crippen LogP) is 4.05. The van der Waals surface area contributed by atoms with Crippen molar-refractivity contribution in [3.05, 3.63) is 52.8 Å². The van der Waals surface area contributed by atoms with Crippen molar-refractivity contribution in [2.45, 2.75) is 32.4 Å². The molecule has 0 radical (unpaired) electrons. The van der Waals surface area contributed by atoms with Crippen molar-refractivity contribution in [1.29, 1.82) is 0 Å². The summed E-state index contributed by atoms with van der Waals surface area (Å²) in [7, 11) is 1.50. The molecule has 2 aromatic rings. The van der Waals surface area contributed by atoms with Gasteiger partial charge in [-0.3, -0.25) is 14.5 Å². The summed E-state index contributed by atoms with van der Waals surface area (Å²) in [5, 5.41) is 5.84. The van der Waals surface area contributed by atoms with Gasteiger partial charge in [0.1, 0.15) is 11.6 Å². The number of nitrogens with one attached hydrogen (secondary N) is 2. The molecule has 0 aliphatic heterocycles. The maximum atomic E-state index is 14.2. The number of hydrogen-bond acceptors (Lipinski definition) is 4. The van der Waals surface area contributed by atoms with E-state index in [1.54, 1.807) is 30.3 Å². The van der Waals surface area contributed by atoms with E-state index >= 15 is 0 Å². The van der Waals surface area contributed by atoms with Gasteiger partial charge in [0, 0.05) is 35.8 Å². The summed E-state index contributed by atoms with van der Waals surface area (Å²) in [6.07, 6.45) is 1.92. The monoisotopic (exact) mass is 419 g/mol. The Labute approximate surface area is 174 Å². The molecule has 2 amide bonds. The molecule has 6 nitrogen and oxygen atoms in total. The molecule has 0 unspecified atom stereocenters. The lowest BCUT2D eigenvalue weighted by Crippen LogP contribution is -2.35. The number of rotatable bonds is 8. The standard InChI is InChI=1S/C21H23ClFN3O3/c1-13(27)24-14-6-9-20(29-2)19(10-14)25-21(28)12-26(15-7-8-15)11-16-17(22)4-3-5-18(16)23/h3-6,9-10,15H,7-8,11-12H2,1-2H3,(H,24,27)(H,25,28). The van der Waals surface area contributed by atoms with Crippen LogP contribution in [-0.2, 0) is 16.1 Å². The van der Waals surface area contributed by atoms with Gasteiger partial charge in [-0.15, -0.1) is 0 Å². The molecule has 154 valence electrons. The van der Waals surface area contributed by atoms with Crippen molar-refractivity contribution in [3.63, 3.8) is 0 Å². The topological polar surface area (TPSA) is 70.7 Å². The van der Waals surface area contributed by atoms with Gasteiger partial charge in [-0.2, -0.15) is 0 Å². The van der Waals surface area contributed by atoms with Crippen LogP contribution < -0.4 is 15.4 Å². The molecule has 1 saturated carbocycles. The Morgan fingerprint density at radius 1 is 1.24 bits per heavy atom. The molecule has 0 spiro atoms. The van der Waals surface area contributed by atoms with E-state index in [9.17, 15) is 14.0 Å². The van der Waals surface area contributed by atoms with Crippen LogP contribution in [0.5, 0.6) is 5.75 Å². The lowest BCUT2D eigenvalue weighted by molar-refractivity contribution is -0.117. The zero-order valence-corrected chi connectivity index (χ0v) is 17.1. The van der Waals surface area contributed by atoms with Crippen LogP contribution in [0.3, 0.4) is 0 Å². The van der Waals surface area contributed by atoms with Crippen molar-refractivity contribution in [3.8, 4) is 5.75 Å². The van der Waals surface area contributed by atoms with Crippen LogP contribution in [0.1, 0.15) is 25.3 Å². The van der Waals surface area contributed by atoms with Gasteiger partial charge in [0.05, 0.1) is 19.3 Å². The van der Waals surface area contributed by atoms with Gasteiger partial charge in [-0.05, 0) is 43.2 Å². The Hall–Kier alpha value is -2.64. The van der Waals surface area contributed by atoms with E-state index in [1.807, 2.05) is 4.90 Å². The second kappa shape index (κ2) is 9.24. The molecule has 3 rings (SSSR count). The van der Waals surface area contributed by atoms with Crippen LogP contribution in [-0.4, -0.2) is 36.4 Å². The Bertz CT molecular complexity index is 898. The molecule has 1 fully saturated rings. The summed E-state index contributed by atoms with van der Waals surface area (Å²) in [6.45, 7) is 1.75. The fourth-order valence-corrected chi connectivity index (χ4v) is 3.32. The molecular weight excluding hydrogens is 397 g/mol. The van der Waals surface area contributed by atoms with Crippen LogP contribution >= 0.6 is 11.6 Å². The van der Waals surface area contributed by atoms with Gasteiger partial charge in [0.15, 0.2) is 0 Å². The van der Waals surface area contributed by atoms with Crippen molar-refractivity contribution in [1.82, 2.24) is 4.90 Å². The Morgan fingerprint density at radius 3 is 2.62 bits per heavy atom. The first-order valence-corrected chi connectivity index (χ1v) is 9.67. The SMILES string of the molecule is COc1ccc(NC(C)=O)cc1NC(=O)CN(Cc1c(F)cccc1Cl)C1CC1. The van der Waals surface area contributed by atoms with Crippen LogP contribution in [0.15, 0.2) is 36.4 Å². The summed E-state index contributed by atoms with van der Waals surface area (Å²) < 4.78 is 19.5. The average Bonchev–Trinajstić information content (AvgIpc) is 3.49. The largest absolute Gasteiger partial charge is 0.495 e.